The number of rotatable bonds is 5. The zero-order chi connectivity index (χ0) is 14.9. The largest absolute Gasteiger partial charge is 0.326 e. The van der Waals surface area contributed by atoms with E-state index in [9.17, 15) is 8.42 Å². The molecule has 2 aromatic carbocycles. The molecule has 0 aromatic heterocycles. The molecule has 4 nitrogen and oxygen atoms in total. The van der Waals surface area contributed by atoms with Gasteiger partial charge in [0.05, 0.1) is 4.90 Å². The van der Waals surface area contributed by atoms with Gasteiger partial charge in [0.2, 0.25) is 10.0 Å². The SMILES string of the molecule is NCc1cccc(S(=O)(=O)NC2CC2c2ccccc2)c1. The molecule has 3 N–H and O–H groups in total. The molecule has 0 spiro atoms. The second-order valence-electron chi connectivity index (χ2n) is 5.33. The van der Waals surface area contributed by atoms with Gasteiger partial charge in [-0.25, -0.2) is 13.1 Å². The predicted molar refractivity (Wildman–Crippen MR) is 82.2 cm³/mol. The van der Waals surface area contributed by atoms with Crippen LogP contribution in [0.25, 0.3) is 0 Å². The summed E-state index contributed by atoms with van der Waals surface area (Å²) in [5.74, 6) is 0.277. The minimum atomic E-state index is -3.48. The normalized spacial score (nSPS) is 21.2. The van der Waals surface area contributed by atoms with Crippen LogP contribution in [0, 0.1) is 0 Å². The Morgan fingerprint density at radius 3 is 2.57 bits per heavy atom. The molecule has 1 fully saturated rings. The Morgan fingerprint density at radius 2 is 1.86 bits per heavy atom. The minimum Gasteiger partial charge on any atom is -0.326 e. The molecule has 0 heterocycles. The summed E-state index contributed by atoms with van der Waals surface area (Å²) in [7, 11) is -3.48. The zero-order valence-corrected chi connectivity index (χ0v) is 12.4. The molecule has 0 amide bonds. The summed E-state index contributed by atoms with van der Waals surface area (Å²) in [6.45, 7) is 0.333. The van der Waals surface area contributed by atoms with E-state index in [4.69, 9.17) is 5.73 Å². The summed E-state index contributed by atoms with van der Waals surface area (Å²) >= 11 is 0. The number of benzene rings is 2. The molecule has 2 atom stereocenters. The van der Waals surface area contributed by atoms with Gasteiger partial charge in [0, 0.05) is 18.5 Å². The third kappa shape index (κ3) is 3.15. The van der Waals surface area contributed by atoms with Gasteiger partial charge in [-0.15, -0.1) is 0 Å². The monoisotopic (exact) mass is 302 g/mol. The lowest BCUT2D eigenvalue weighted by atomic mass is 10.1. The predicted octanol–water partition coefficient (Wildman–Crippen LogP) is 1.98. The van der Waals surface area contributed by atoms with E-state index in [1.165, 1.54) is 5.56 Å². The van der Waals surface area contributed by atoms with E-state index < -0.39 is 10.0 Å². The Bertz CT molecular complexity index is 729. The summed E-state index contributed by atoms with van der Waals surface area (Å²) < 4.78 is 27.5. The lowest BCUT2D eigenvalue weighted by molar-refractivity contribution is 0.580. The second-order valence-corrected chi connectivity index (χ2v) is 7.05. The maximum absolute atomic E-state index is 12.4. The zero-order valence-electron chi connectivity index (χ0n) is 11.6. The van der Waals surface area contributed by atoms with Crippen LogP contribution in [-0.4, -0.2) is 14.5 Å². The molecule has 110 valence electrons. The number of hydrogen-bond donors (Lipinski definition) is 2. The molecule has 1 aliphatic rings. The van der Waals surface area contributed by atoms with Crippen molar-refractivity contribution in [3.05, 3.63) is 65.7 Å². The average molecular weight is 302 g/mol. The fourth-order valence-corrected chi connectivity index (χ4v) is 3.86. The van der Waals surface area contributed by atoms with E-state index in [-0.39, 0.29) is 16.9 Å². The van der Waals surface area contributed by atoms with Crippen molar-refractivity contribution in [2.75, 3.05) is 0 Å². The van der Waals surface area contributed by atoms with Crippen molar-refractivity contribution in [3.63, 3.8) is 0 Å². The van der Waals surface area contributed by atoms with Gasteiger partial charge in [-0.3, -0.25) is 0 Å². The van der Waals surface area contributed by atoms with Crippen molar-refractivity contribution in [2.24, 2.45) is 5.73 Å². The van der Waals surface area contributed by atoms with Crippen molar-refractivity contribution in [3.8, 4) is 0 Å². The highest BCUT2D eigenvalue weighted by atomic mass is 32.2. The summed E-state index contributed by atoms with van der Waals surface area (Å²) in [6, 6.07) is 16.7. The third-order valence-electron chi connectivity index (χ3n) is 3.77. The Morgan fingerprint density at radius 1 is 1.10 bits per heavy atom. The first kappa shape index (κ1) is 14.3. The Kier molecular flexibility index (Phi) is 3.80. The van der Waals surface area contributed by atoms with E-state index in [2.05, 4.69) is 4.72 Å². The van der Waals surface area contributed by atoms with Crippen molar-refractivity contribution in [1.29, 1.82) is 0 Å². The first-order valence-corrected chi connectivity index (χ1v) is 8.45. The van der Waals surface area contributed by atoms with Crippen LogP contribution in [0.15, 0.2) is 59.5 Å². The number of nitrogens with two attached hydrogens (primary N) is 1. The van der Waals surface area contributed by atoms with Crippen molar-refractivity contribution in [2.45, 2.75) is 29.8 Å². The minimum absolute atomic E-state index is 0.0149. The standard InChI is InChI=1S/C16H18N2O2S/c17-11-12-5-4-8-14(9-12)21(19,20)18-16-10-15(16)13-6-2-1-3-7-13/h1-9,15-16,18H,10-11,17H2. The van der Waals surface area contributed by atoms with Gasteiger partial charge in [-0.05, 0) is 29.7 Å². The number of sulfonamides is 1. The highest BCUT2D eigenvalue weighted by Gasteiger charge is 2.41. The highest BCUT2D eigenvalue weighted by molar-refractivity contribution is 7.89. The van der Waals surface area contributed by atoms with Crippen LogP contribution >= 0.6 is 0 Å². The summed E-state index contributed by atoms with van der Waals surface area (Å²) in [5.41, 5.74) is 7.55. The van der Waals surface area contributed by atoms with E-state index in [1.54, 1.807) is 18.2 Å². The second kappa shape index (κ2) is 5.60. The number of nitrogens with one attached hydrogen (secondary N) is 1. The highest BCUT2D eigenvalue weighted by Crippen LogP contribution is 2.41. The first-order chi connectivity index (χ1) is 10.1. The smallest absolute Gasteiger partial charge is 0.240 e. The van der Waals surface area contributed by atoms with E-state index >= 15 is 0 Å². The molecule has 0 saturated heterocycles. The maximum Gasteiger partial charge on any atom is 0.240 e. The van der Waals surface area contributed by atoms with Crippen LogP contribution in [0.4, 0.5) is 0 Å². The summed E-state index contributed by atoms with van der Waals surface area (Å²) in [4.78, 5) is 0.282. The molecule has 1 saturated carbocycles. The lowest BCUT2D eigenvalue weighted by Gasteiger charge is -2.08. The van der Waals surface area contributed by atoms with Gasteiger partial charge in [0.1, 0.15) is 0 Å². The van der Waals surface area contributed by atoms with Gasteiger partial charge in [0.25, 0.3) is 0 Å². The summed E-state index contributed by atoms with van der Waals surface area (Å²) in [5, 5.41) is 0. The molecule has 3 rings (SSSR count). The van der Waals surface area contributed by atoms with E-state index in [1.807, 2.05) is 36.4 Å². The molecule has 2 unspecified atom stereocenters. The van der Waals surface area contributed by atoms with Crippen LogP contribution in [0.2, 0.25) is 0 Å². The van der Waals surface area contributed by atoms with Gasteiger partial charge in [-0.1, -0.05) is 42.5 Å². The quantitative estimate of drug-likeness (QED) is 0.887. The molecule has 21 heavy (non-hydrogen) atoms. The summed E-state index contributed by atoms with van der Waals surface area (Å²) in [6.07, 6.45) is 0.847. The van der Waals surface area contributed by atoms with Crippen molar-refractivity contribution in [1.82, 2.24) is 4.72 Å². The fraction of sp³-hybridized carbons (Fsp3) is 0.250. The average Bonchev–Trinajstić information content (AvgIpc) is 3.26. The van der Waals surface area contributed by atoms with Crippen LogP contribution in [0.3, 0.4) is 0 Å². The fourth-order valence-electron chi connectivity index (χ4n) is 2.50. The molecule has 0 aliphatic heterocycles. The van der Waals surface area contributed by atoms with Gasteiger partial charge in [-0.2, -0.15) is 0 Å². The first-order valence-electron chi connectivity index (χ1n) is 6.96. The Balaban J connectivity index is 1.73. The number of hydrogen-bond acceptors (Lipinski definition) is 3. The van der Waals surface area contributed by atoms with Crippen molar-refractivity contribution < 1.29 is 8.42 Å². The van der Waals surface area contributed by atoms with Gasteiger partial charge in [0.15, 0.2) is 0 Å². The van der Waals surface area contributed by atoms with Crippen LogP contribution in [0.1, 0.15) is 23.5 Å². The molecule has 1 aliphatic carbocycles. The molecular formula is C16H18N2O2S. The van der Waals surface area contributed by atoms with Crippen molar-refractivity contribution >= 4 is 10.0 Å². The van der Waals surface area contributed by atoms with Gasteiger partial charge < -0.3 is 5.73 Å². The van der Waals surface area contributed by atoms with E-state index in [0.29, 0.717) is 6.54 Å². The van der Waals surface area contributed by atoms with Crippen LogP contribution in [-0.2, 0) is 16.6 Å². The Hall–Kier alpha value is -1.69. The molecular weight excluding hydrogens is 284 g/mol. The molecule has 0 bridgehead atoms. The van der Waals surface area contributed by atoms with Crippen LogP contribution in [0.5, 0.6) is 0 Å². The maximum atomic E-state index is 12.4. The molecule has 2 aromatic rings. The molecule has 0 radical (unpaired) electrons. The van der Waals surface area contributed by atoms with Crippen LogP contribution < -0.4 is 10.5 Å². The van der Waals surface area contributed by atoms with E-state index in [0.717, 1.165) is 12.0 Å². The van der Waals surface area contributed by atoms with Gasteiger partial charge >= 0.3 is 0 Å². The lowest BCUT2D eigenvalue weighted by Crippen LogP contribution is -2.27. The topological polar surface area (TPSA) is 72.2 Å². The molecule has 5 heteroatoms. The Labute approximate surface area is 125 Å². The third-order valence-corrected chi connectivity index (χ3v) is 5.26.